The van der Waals surface area contributed by atoms with Gasteiger partial charge in [0.1, 0.15) is 12.1 Å². The van der Waals surface area contributed by atoms with Gasteiger partial charge in [0.2, 0.25) is 17.7 Å². The van der Waals surface area contributed by atoms with E-state index in [-0.39, 0.29) is 69.2 Å². The highest BCUT2D eigenvalue weighted by atomic mass is 31.2. The van der Waals surface area contributed by atoms with Crippen molar-refractivity contribution >= 4 is 42.4 Å². The minimum absolute atomic E-state index is 0.0128. The average molecular weight is 1050 g/mol. The van der Waals surface area contributed by atoms with E-state index in [0.29, 0.717) is 25.7 Å². The van der Waals surface area contributed by atoms with Crippen LogP contribution in [0.1, 0.15) is 233 Å². The standard InChI is InChI=1S/C58H103N4O10P/c1-7-11-14-17-19-21-22-24-25-28-31-38-54(63)60-50(46-69-42-40-51(35-30-27-16-13-9-3)72-56(65)39-32-29-26-23-20-18-15-12-8-2)47-71-73(67,68)70-43-41-59-58(66)57(48(5)10-4)61-55(64)44-49-45-62(6)53-37-34-33-36-52(49)53/h33-34,36-37,45,48,50-51,57H,7-32,35,38-44,46-47H2,1-6H3,(H,59,66)(H,60,63)(H,61,64)(H,67,68)/t48-,50+,51+,57-/m0/s1. The molecule has 1 aromatic heterocycles. The number of esters is 1. The van der Waals surface area contributed by atoms with E-state index < -0.39 is 25.8 Å². The van der Waals surface area contributed by atoms with E-state index in [1.165, 1.54) is 89.9 Å². The molecule has 1 unspecified atom stereocenters. The molecule has 0 aliphatic carbocycles. The molecule has 1 heterocycles. The van der Waals surface area contributed by atoms with Crippen LogP contribution >= 0.6 is 7.82 Å². The summed E-state index contributed by atoms with van der Waals surface area (Å²) in [5, 5.41) is 9.55. The van der Waals surface area contributed by atoms with Crippen molar-refractivity contribution in [2.75, 3.05) is 33.0 Å². The van der Waals surface area contributed by atoms with Crippen molar-refractivity contribution in [2.45, 2.75) is 252 Å². The van der Waals surface area contributed by atoms with Gasteiger partial charge in [0.25, 0.3) is 0 Å². The number of phosphoric ester groups is 1. The Morgan fingerprint density at radius 1 is 0.644 bits per heavy atom. The Kier molecular flexibility index (Phi) is 37.8. The summed E-state index contributed by atoms with van der Waals surface area (Å²) in [5.74, 6) is -1.26. The monoisotopic (exact) mass is 1050 g/mol. The minimum Gasteiger partial charge on any atom is -0.462 e. The highest BCUT2D eigenvalue weighted by molar-refractivity contribution is 7.47. The average Bonchev–Trinajstić information content (AvgIpc) is 3.69. The lowest BCUT2D eigenvalue weighted by atomic mass is 9.98. The molecule has 73 heavy (non-hydrogen) atoms. The minimum atomic E-state index is -4.63. The number of unbranched alkanes of at least 4 members (excludes halogenated alkanes) is 22. The van der Waals surface area contributed by atoms with Gasteiger partial charge in [-0.05, 0) is 43.2 Å². The summed E-state index contributed by atoms with van der Waals surface area (Å²) < 4.78 is 37.8. The van der Waals surface area contributed by atoms with E-state index in [1.54, 1.807) is 0 Å². The number of nitrogens with zero attached hydrogens (tertiary/aromatic N) is 1. The highest BCUT2D eigenvalue weighted by Gasteiger charge is 2.28. The molecule has 0 aliphatic rings. The lowest BCUT2D eigenvalue weighted by Gasteiger charge is -2.24. The van der Waals surface area contributed by atoms with Gasteiger partial charge in [-0.1, -0.05) is 200 Å². The Labute approximate surface area is 442 Å². The zero-order valence-corrected chi connectivity index (χ0v) is 47.6. The summed E-state index contributed by atoms with van der Waals surface area (Å²) in [5.41, 5.74) is 1.87. The number of aromatic nitrogens is 1. The molecular formula is C58H103N4O10P. The van der Waals surface area contributed by atoms with Crippen LogP contribution in [-0.2, 0) is 55.7 Å². The molecule has 2 aromatic rings. The summed E-state index contributed by atoms with van der Waals surface area (Å²) >= 11 is 0. The van der Waals surface area contributed by atoms with Gasteiger partial charge >= 0.3 is 13.8 Å². The van der Waals surface area contributed by atoms with Crippen molar-refractivity contribution in [3.8, 4) is 0 Å². The molecule has 0 fully saturated rings. The van der Waals surface area contributed by atoms with Crippen LogP contribution in [0.4, 0.5) is 0 Å². The smallest absolute Gasteiger partial charge is 0.462 e. The number of carbonyl (C=O) groups is 4. The molecule has 2 rings (SSSR count). The second-order valence-electron chi connectivity index (χ2n) is 20.6. The number of carbonyl (C=O) groups excluding carboxylic acids is 4. The van der Waals surface area contributed by atoms with Gasteiger partial charge in [-0.3, -0.25) is 28.2 Å². The molecule has 0 saturated heterocycles. The summed E-state index contributed by atoms with van der Waals surface area (Å²) in [6.07, 6.45) is 33.3. The first-order chi connectivity index (χ1) is 35.3. The number of hydrogen-bond donors (Lipinski definition) is 4. The number of fused-ring (bicyclic) bond motifs is 1. The topological polar surface area (TPSA) is 184 Å². The Morgan fingerprint density at radius 2 is 1.19 bits per heavy atom. The number of amides is 3. The summed E-state index contributed by atoms with van der Waals surface area (Å²) in [6, 6.07) is 6.27. The molecule has 420 valence electrons. The predicted molar refractivity (Wildman–Crippen MR) is 296 cm³/mol. The molecule has 3 amide bonds. The van der Waals surface area contributed by atoms with Gasteiger partial charge in [0.15, 0.2) is 0 Å². The zero-order valence-electron chi connectivity index (χ0n) is 46.7. The summed E-state index contributed by atoms with van der Waals surface area (Å²) in [4.78, 5) is 63.4. The van der Waals surface area contributed by atoms with E-state index in [1.807, 2.05) is 55.9 Å². The normalized spacial score (nSPS) is 14.1. The van der Waals surface area contributed by atoms with E-state index in [4.69, 9.17) is 18.5 Å². The van der Waals surface area contributed by atoms with Gasteiger partial charge < -0.3 is 34.9 Å². The number of rotatable bonds is 48. The Balaban J connectivity index is 1.94. The predicted octanol–water partition coefficient (Wildman–Crippen LogP) is 13.3. The van der Waals surface area contributed by atoms with Crippen molar-refractivity contribution in [1.82, 2.24) is 20.5 Å². The number of ether oxygens (including phenoxy) is 2. The van der Waals surface area contributed by atoms with Gasteiger partial charge in [-0.2, -0.15) is 0 Å². The number of phosphoric acid groups is 1. The number of aryl methyl sites for hydroxylation is 1. The van der Waals surface area contributed by atoms with Crippen molar-refractivity contribution in [2.24, 2.45) is 13.0 Å². The van der Waals surface area contributed by atoms with Crippen LogP contribution in [-0.4, -0.2) is 84.3 Å². The van der Waals surface area contributed by atoms with E-state index >= 15 is 0 Å². The van der Waals surface area contributed by atoms with Gasteiger partial charge in [-0.15, -0.1) is 0 Å². The van der Waals surface area contributed by atoms with Crippen LogP contribution in [0.25, 0.3) is 10.9 Å². The van der Waals surface area contributed by atoms with E-state index in [2.05, 4.69) is 36.7 Å². The first-order valence-electron chi connectivity index (χ1n) is 29.1. The molecule has 0 aliphatic heterocycles. The first kappa shape index (κ1) is 65.8. The van der Waals surface area contributed by atoms with Crippen LogP contribution in [0.3, 0.4) is 0 Å². The maximum atomic E-state index is 13.4. The fourth-order valence-corrected chi connectivity index (χ4v) is 9.98. The highest BCUT2D eigenvalue weighted by Crippen LogP contribution is 2.43. The number of para-hydroxylation sites is 1. The van der Waals surface area contributed by atoms with Crippen molar-refractivity contribution in [3.05, 3.63) is 36.0 Å². The van der Waals surface area contributed by atoms with Gasteiger partial charge in [0.05, 0.1) is 38.9 Å². The van der Waals surface area contributed by atoms with Gasteiger partial charge in [-0.25, -0.2) is 4.57 Å². The van der Waals surface area contributed by atoms with Crippen LogP contribution in [0.15, 0.2) is 30.5 Å². The maximum Gasteiger partial charge on any atom is 0.472 e. The van der Waals surface area contributed by atoms with E-state index in [9.17, 15) is 28.6 Å². The second kappa shape index (κ2) is 41.9. The van der Waals surface area contributed by atoms with Gasteiger partial charge in [0, 0.05) is 50.0 Å². The molecule has 15 heteroatoms. The van der Waals surface area contributed by atoms with Crippen molar-refractivity contribution in [1.29, 1.82) is 0 Å². The zero-order chi connectivity index (χ0) is 53.4. The quantitative estimate of drug-likeness (QED) is 0.0283. The SMILES string of the molecule is CCCCCCCCCCCCCC(=O)N[C@H](COCC[C@@H](CCCCCCC)OC(=O)CCCCCCCCCCC)COP(=O)(O)OCCNC(=O)[C@@H](NC(=O)Cc1cn(C)c2ccccc12)[C@@H](C)CC. The molecular weight excluding hydrogens is 944 g/mol. The molecule has 0 saturated carbocycles. The Bertz CT molecular complexity index is 1810. The fraction of sp³-hybridized carbons (Fsp3) is 0.793. The fourth-order valence-electron chi connectivity index (χ4n) is 9.22. The van der Waals surface area contributed by atoms with Crippen LogP contribution in [0.2, 0.25) is 0 Å². The molecule has 5 atom stereocenters. The third-order valence-electron chi connectivity index (χ3n) is 13.9. The van der Waals surface area contributed by atoms with Crippen molar-refractivity contribution < 1.29 is 47.2 Å². The molecule has 0 radical (unpaired) electrons. The second-order valence-corrected chi connectivity index (χ2v) is 22.0. The number of benzene rings is 1. The van der Waals surface area contributed by atoms with Crippen molar-refractivity contribution in [3.63, 3.8) is 0 Å². The molecule has 1 aromatic carbocycles. The van der Waals surface area contributed by atoms with Crippen LogP contribution < -0.4 is 16.0 Å². The Morgan fingerprint density at radius 3 is 1.78 bits per heavy atom. The molecule has 4 N–H and O–H groups in total. The lowest BCUT2D eigenvalue weighted by Crippen LogP contribution is -2.51. The Hall–Kier alpha value is -3.29. The third kappa shape index (κ3) is 32.0. The first-order valence-corrected chi connectivity index (χ1v) is 30.6. The molecule has 0 bridgehead atoms. The van der Waals surface area contributed by atoms with E-state index in [0.717, 1.165) is 93.5 Å². The third-order valence-corrected chi connectivity index (χ3v) is 14.9. The number of hydrogen-bond acceptors (Lipinski definition) is 9. The number of nitrogens with one attached hydrogen (secondary N) is 3. The summed E-state index contributed by atoms with van der Waals surface area (Å²) in [6.45, 7) is 9.96. The van der Waals surface area contributed by atoms with Crippen LogP contribution in [0, 0.1) is 5.92 Å². The summed E-state index contributed by atoms with van der Waals surface area (Å²) in [7, 11) is -2.70. The maximum absolute atomic E-state index is 13.4. The largest absolute Gasteiger partial charge is 0.472 e. The molecule has 14 nitrogen and oxygen atoms in total. The van der Waals surface area contributed by atoms with Crippen LogP contribution in [0.5, 0.6) is 0 Å². The lowest BCUT2D eigenvalue weighted by molar-refractivity contribution is -0.150. The molecule has 0 spiro atoms.